The first kappa shape index (κ1) is 20.3. The van der Waals surface area contributed by atoms with Gasteiger partial charge in [-0.05, 0) is 36.5 Å². The second-order valence-electron chi connectivity index (χ2n) is 8.68. The first-order valence-corrected chi connectivity index (χ1v) is 10.5. The Morgan fingerprint density at radius 3 is 2.78 bits per heavy atom. The van der Waals surface area contributed by atoms with E-state index in [1.54, 1.807) is 18.2 Å². The molecule has 5 N–H and O–H groups in total. The summed E-state index contributed by atoms with van der Waals surface area (Å²) >= 11 is 0. The van der Waals surface area contributed by atoms with Gasteiger partial charge >= 0.3 is 0 Å². The molecule has 5 rings (SSSR count). The molecule has 1 saturated carbocycles. The molecule has 2 aromatic rings. The highest BCUT2D eigenvalue weighted by molar-refractivity contribution is 6.16. The van der Waals surface area contributed by atoms with Crippen molar-refractivity contribution in [3.05, 3.63) is 76.3 Å². The largest absolute Gasteiger partial charge is 0.506 e. The number of aromatic nitrogens is 1. The number of pyridine rings is 1. The van der Waals surface area contributed by atoms with E-state index in [4.69, 9.17) is 10.5 Å². The van der Waals surface area contributed by atoms with Crippen LogP contribution < -0.4 is 15.8 Å². The number of benzene rings is 1. The Hall–Kier alpha value is -3.65. The summed E-state index contributed by atoms with van der Waals surface area (Å²) in [6, 6.07) is 6.57. The minimum absolute atomic E-state index is 0.0348. The molecule has 3 aliphatic rings. The van der Waals surface area contributed by atoms with Gasteiger partial charge in [0.1, 0.15) is 11.5 Å². The number of nitrogens with two attached hydrogens (primary N) is 1. The third-order valence-corrected chi connectivity index (χ3v) is 6.41. The average Bonchev–Trinajstić information content (AvgIpc) is 3.11. The van der Waals surface area contributed by atoms with Gasteiger partial charge in [-0.2, -0.15) is 0 Å². The summed E-state index contributed by atoms with van der Waals surface area (Å²) in [6.07, 6.45) is 5.21. The first-order chi connectivity index (χ1) is 15.2. The topological polar surface area (TPSA) is 135 Å². The number of allylic oxidation sites excluding steroid dienone is 2. The van der Waals surface area contributed by atoms with E-state index >= 15 is 0 Å². The predicted octanol–water partition coefficient (Wildman–Crippen LogP) is 2.13. The molecule has 2 aliphatic carbocycles. The van der Waals surface area contributed by atoms with Crippen LogP contribution in [-0.2, 0) is 10.3 Å². The highest BCUT2D eigenvalue weighted by Crippen LogP contribution is 2.59. The van der Waals surface area contributed by atoms with Crippen LogP contribution in [0.25, 0.3) is 0 Å². The molecule has 1 aromatic carbocycles. The van der Waals surface area contributed by atoms with Crippen molar-refractivity contribution in [1.29, 1.82) is 0 Å². The van der Waals surface area contributed by atoms with E-state index in [1.165, 1.54) is 18.5 Å². The zero-order valence-electron chi connectivity index (χ0n) is 17.7. The van der Waals surface area contributed by atoms with E-state index in [0.717, 1.165) is 5.56 Å². The Morgan fingerprint density at radius 1 is 1.28 bits per heavy atom. The highest BCUT2D eigenvalue weighted by atomic mass is 16.6. The number of Topliss-reactive ketones (excluding diaryl/α,β-unsaturated/α-hetero) is 1. The third kappa shape index (κ3) is 2.50. The van der Waals surface area contributed by atoms with Gasteiger partial charge in [0, 0.05) is 28.6 Å². The number of carbonyl (C=O) groups is 2. The summed E-state index contributed by atoms with van der Waals surface area (Å²) in [5.41, 5.74) is 6.41. The van der Waals surface area contributed by atoms with E-state index < -0.39 is 23.0 Å². The van der Waals surface area contributed by atoms with E-state index in [0.29, 0.717) is 29.9 Å². The van der Waals surface area contributed by atoms with Gasteiger partial charge in [0.2, 0.25) is 11.3 Å². The number of hydrogen-bond acceptors (Lipinski definition) is 7. The van der Waals surface area contributed by atoms with Crippen LogP contribution in [0.4, 0.5) is 0 Å². The number of nitrogens with zero attached hydrogens (tertiary/aromatic N) is 1. The number of ether oxygens (including phenoxy) is 1. The monoisotopic (exact) mass is 433 g/mol. The highest BCUT2D eigenvalue weighted by Gasteiger charge is 2.74. The molecule has 2 atom stereocenters. The van der Waals surface area contributed by atoms with Crippen molar-refractivity contribution < 1.29 is 24.5 Å². The Morgan fingerprint density at radius 2 is 2.06 bits per heavy atom. The lowest BCUT2D eigenvalue weighted by Crippen LogP contribution is -2.62. The minimum Gasteiger partial charge on any atom is -0.506 e. The van der Waals surface area contributed by atoms with Crippen LogP contribution in [0.1, 0.15) is 54.1 Å². The molecular formula is C24H23N3O5. The first-order valence-electron chi connectivity index (χ1n) is 10.5. The number of hydrogen-bond donors (Lipinski definition) is 4. The Kier molecular flexibility index (Phi) is 4.22. The molecule has 0 saturated heterocycles. The second-order valence-corrected chi connectivity index (χ2v) is 8.68. The molecule has 1 amide bonds. The molecule has 8 heteroatoms. The van der Waals surface area contributed by atoms with Crippen LogP contribution >= 0.6 is 0 Å². The number of aliphatic hydroxyl groups is 1. The molecule has 0 bridgehead atoms. The number of nitrogens with one attached hydrogen (secondary N) is 1. The Balaban J connectivity index is 1.73. The molecule has 2 unspecified atom stereocenters. The van der Waals surface area contributed by atoms with Gasteiger partial charge < -0.3 is 26.0 Å². The van der Waals surface area contributed by atoms with E-state index in [2.05, 4.69) is 10.3 Å². The molecule has 0 radical (unpaired) electrons. The lowest BCUT2D eigenvalue weighted by molar-refractivity contribution is -0.152. The molecule has 8 nitrogen and oxygen atoms in total. The third-order valence-electron chi connectivity index (χ3n) is 6.41. The standard InChI is InChI=1S/C24H23N3O5/c1-12(2)13-6-7-16-19(9-13)32-24(31)17-4-3-5-18(25)20(17)21(29)23(16,24)27-22(30)14-8-15(28)11-26-10-14/h4,6-12,28,31H,3,5,25H2,1-2H3,(H,27,30). The maximum absolute atomic E-state index is 13.9. The zero-order chi connectivity index (χ0) is 22.8. The van der Waals surface area contributed by atoms with Crippen molar-refractivity contribution >= 4 is 11.7 Å². The predicted molar refractivity (Wildman–Crippen MR) is 115 cm³/mol. The fourth-order valence-corrected chi connectivity index (χ4v) is 4.78. The molecule has 1 aromatic heterocycles. The van der Waals surface area contributed by atoms with Crippen molar-refractivity contribution in [1.82, 2.24) is 10.3 Å². The number of fused-ring (bicyclic) bond motifs is 5. The van der Waals surface area contributed by atoms with E-state index in [9.17, 15) is 19.8 Å². The summed E-state index contributed by atoms with van der Waals surface area (Å²) in [4.78, 5) is 30.9. The number of ketones is 1. The van der Waals surface area contributed by atoms with Gasteiger partial charge in [0.05, 0.1) is 11.8 Å². The quantitative estimate of drug-likeness (QED) is 0.582. The maximum atomic E-state index is 13.9. The maximum Gasteiger partial charge on any atom is 0.270 e. The number of rotatable bonds is 3. The van der Waals surface area contributed by atoms with Crippen molar-refractivity contribution in [3.8, 4) is 11.5 Å². The Bertz CT molecular complexity index is 1250. The zero-order valence-corrected chi connectivity index (χ0v) is 17.7. The molecule has 1 fully saturated rings. The van der Waals surface area contributed by atoms with Gasteiger partial charge in [-0.25, -0.2) is 0 Å². The fraction of sp³-hybridized carbons (Fsp3) is 0.292. The molecule has 32 heavy (non-hydrogen) atoms. The summed E-state index contributed by atoms with van der Waals surface area (Å²) < 4.78 is 6.06. The summed E-state index contributed by atoms with van der Waals surface area (Å²) in [6.45, 7) is 4.05. The fourth-order valence-electron chi connectivity index (χ4n) is 4.78. The SMILES string of the molecule is CC(C)c1ccc2c(c1)OC1(O)C3=CCCC(N)=C3C(=O)C21NC(=O)c1cncc(O)c1. The summed E-state index contributed by atoms with van der Waals surface area (Å²) in [5.74, 6) is -3.05. The molecule has 1 aliphatic heterocycles. The number of carbonyl (C=O) groups excluding carboxylic acids is 2. The molecule has 0 spiro atoms. The number of aromatic hydroxyl groups is 1. The van der Waals surface area contributed by atoms with Gasteiger partial charge in [-0.15, -0.1) is 0 Å². The molecular weight excluding hydrogens is 410 g/mol. The Labute approximate surface area is 184 Å². The van der Waals surface area contributed by atoms with Crippen molar-refractivity contribution in [2.45, 2.75) is 43.9 Å². The van der Waals surface area contributed by atoms with Crippen LogP contribution in [0.2, 0.25) is 0 Å². The van der Waals surface area contributed by atoms with Crippen molar-refractivity contribution in [2.24, 2.45) is 5.73 Å². The molecule has 2 heterocycles. The molecule has 164 valence electrons. The summed E-state index contributed by atoms with van der Waals surface area (Å²) in [5, 5.41) is 24.3. The van der Waals surface area contributed by atoms with Crippen LogP contribution in [0.15, 0.2) is 59.6 Å². The van der Waals surface area contributed by atoms with Crippen LogP contribution in [0.5, 0.6) is 11.5 Å². The van der Waals surface area contributed by atoms with Crippen LogP contribution in [0.3, 0.4) is 0 Å². The smallest absolute Gasteiger partial charge is 0.270 e. The van der Waals surface area contributed by atoms with Crippen molar-refractivity contribution in [2.75, 3.05) is 0 Å². The van der Waals surface area contributed by atoms with Gasteiger partial charge in [0.15, 0.2) is 0 Å². The number of amides is 1. The van der Waals surface area contributed by atoms with Crippen LogP contribution in [-0.4, -0.2) is 32.7 Å². The van der Waals surface area contributed by atoms with Gasteiger partial charge in [-0.3, -0.25) is 14.6 Å². The van der Waals surface area contributed by atoms with E-state index in [1.807, 2.05) is 19.9 Å². The van der Waals surface area contributed by atoms with Gasteiger partial charge in [0.25, 0.3) is 11.7 Å². The summed E-state index contributed by atoms with van der Waals surface area (Å²) in [7, 11) is 0. The average molecular weight is 433 g/mol. The van der Waals surface area contributed by atoms with Crippen molar-refractivity contribution in [3.63, 3.8) is 0 Å². The van der Waals surface area contributed by atoms with E-state index in [-0.39, 0.29) is 28.4 Å². The normalized spacial score (nSPS) is 25.8. The second kappa shape index (κ2) is 6.67. The van der Waals surface area contributed by atoms with Gasteiger partial charge in [-0.1, -0.05) is 32.1 Å². The lowest BCUT2D eigenvalue weighted by atomic mass is 9.82. The van der Waals surface area contributed by atoms with Crippen LogP contribution in [0, 0.1) is 0 Å². The minimum atomic E-state index is -2.15. The lowest BCUT2D eigenvalue weighted by Gasteiger charge is -2.34.